The molecule has 56 heavy (non-hydrogen) atoms. The highest BCUT2D eigenvalue weighted by Gasteiger charge is 2.20. The van der Waals surface area contributed by atoms with E-state index in [-0.39, 0.29) is 0 Å². The molecule has 6 heteroatoms. The molecule has 0 fully saturated rings. The molecule has 12 rings (SSSR count). The monoisotopic (exact) mass is 714 g/mol. The average molecular weight is 715 g/mol. The molecule has 0 atom stereocenters. The number of fused-ring (bicyclic) bond motifs is 12. The van der Waals surface area contributed by atoms with E-state index in [1.807, 2.05) is 72.8 Å². The van der Waals surface area contributed by atoms with Gasteiger partial charge in [0.05, 0.1) is 45.3 Å². The van der Waals surface area contributed by atoms with Crippen molar-refractivity contribution in [2.45, 2.75) is 0 Å². The summed E-state index contributed by atoms with van der Waals surface area (Å²) < 4.78 is 17.1. The maximum absolute atomic E-state index is 10.4. The lowest BCUT2D eigenvalue weighted by molar-refractivity contribution is 0.669. The maximum Gasteiger partial charge on any atom is 0.137 e. The largest absolute Gasteiger partial charge is 0.456 e. The zero-order valence-electron chi connectivity index (χ0n) is 29.6. The van der Waals surface area contributed by atoms with Crippen molar-refractivity contribution in [3.63, 3.8) is 0 Å². The van der Waals surface area contributed by atoms with Crippen LogP contribution in [0, 0.1) is 22.7 Å². The van der Waals surface area contributed by atoms with E-state index >= 15 is 0 Å². The van der Waals surface area contributed by atoms with E-state index in [1.54, 1.807) is 0 Å². The van der Waals surface area contributed by atoms with Crippen LogP contribution < -0.4 is 0 Å². The maximum atomic E-state index is 10.4. The summed E-state index contributed by atoms with van der Waals surface area (Å²) in [6.07, 6.45) is 0. The zero-order valence-corrected chi connectivity index (χ0v) is 29.6. The van der Waals surface area contributed by atoms with Gasteiger partial charge in [0, 0.05) is 66.6 Å². The molecular weight excluding hydrogens is 689 g/mol. The molecule has 6 nitrogen and oxygen atoms in total. The molecule has 0 saturated heterocycles. The Morgan fingerprint density at radius 2 is 0.750 bits per heavy atom. The lowest BCUT2D eigenvalue weighted by atomic mass is 9.99. The number of rotatable bonds is 3. The second-order valence-corrected chi connectivity index (χ2v) is 14.4. The zero-order chi connectivity index (χ0) is 37.1. The first-order chi connectivity index (χ1) is 27.6. The fourth-order valence-electron chi connectivity index (χ4n) is 8.87. The van der Waals surface area contributed by atoms with Crippen molar-refractivity contribution in [2.75, 3.05) is 0 Å². The van der Waals surface area contributed by atoms with Crippen molar-refractivity contribution in [2.24, 2.45) is 0 Å². The lowest BCUT2D eigenvalue weighted by Gasteiger charge is -2.14. The highest BCUT2D eigenvalue weighted by atomic mass is 16.3. The minimum absolute atomic E-state index is 0.515. The quantitative estimate of drug-likeness (QED) is 0.182. The van der Waals surface area contributed by atoms with Crippen LogP contribution in [0.5, 0.6) is 0 Å². The van der Waals surface area contributed by atoms with Gasteiger partial charge in [0.2, 0.25) is 0 Å². The Hall–Kier alpha value is -8.06. The van der Waals surface area contributed by atoms with Crippen molar-refractivity contribution >= 4 is 87.5 Å². The Morgan fingerprint density at radius 3 is 1.20 bits per heavy atom. The summed E-state index contributed by atoms with van der Waals surface area (Å²) in [5.74, 6) is 0. The van der Waals surface area contributed by atoms with Crippen LogP contribution in [0.1, 0.15) is 11.1 Å². The summed E-state index contributed by atoms with van der Waals surface area (Å²) in [7, 11) is 0. The Morgan fingerprint density at radius 1 is 0.339 bits per heavy atom. The second kappa shape index (κ2) is 11.2. The number of hydrogen-bond acceptors (Lipinski definition) is 4. The molecule has 4 aromatic heterocycles. The van der Waals surface area contributed by atoms with Crippen molar-refractivity contribution < 1.29 is 8.83 Å². The van der Waals surface area contributed by atoms with Crippen LogP contribution >= 0.6 is 0 Å². The van der Waals surface area contributed by atoms with E-state index in [9.17, 15) is 10.5 Å². The van der Waals surface area contributed by atoms with Crippen LogP contribution in [0.15, 0.2) is 167 Å². The van der Waals surface area contributed by atoms with E-state index in [2.05, 4.69) is 106 Å². The van der Waals surface area contributed by atoms with Crippen molar-refractivity contribution in [1.82, 2.24) is 9.13 Å². The smallest absolute Gasteiger partial charge is 0.137 e. The van der Waals surface area contributed by atoms with Crippen LogP contribution in [0.2, 0.25) is 0 Å². The Kier molecular flexibility index (Phi) is 6.10. The van der Waals surface area contributed by atoms with Gasteiger partial charge in [-0.2, -0.15) is 10.5 Å². The fraction of sp³-hybridized carbons (Fsp3) is 0. The first-order valence-electron chi connectivity index (χ1n) is 18.4. The number of furan rings is 2. The summed E-state index contributed by atoms with van der Waals surface area (Å²) in [6.45, 7) is 0. The molecule has 258 valence electrons. The van der Waals surface area contributed by atoms with Crippen LogP contribution in [-0.4, -0.2) is 9.13 Å². The van der Waals surface area contributed by atoms with Gasteiger partial charge in [-0.1, -0.05) is 72.8 Å². The molecule has 0 spiro atoms. The molecule has 0 aliphatic carbocycles. The molecule has 0 amide bonds. The standard InChI is InChI=1S/C50H26N4O2/c51-27-29-17-31(21-33(19-29)53-43-13-5-1-9-35(43)39-23-41-37-11-3-7-15-47(37)55-49(41)25-45(39)53)32-18-30(28-52)20-34(22-32)54-44-14-6-2-10-36(44)40-24-42-38-12-4-8-16-48(38)56-50(42)26-46(40)54/h1-26H. The molecule has 0 bridgehead atoms. The molecule has 12 aromatic rings. The van der Waals surface area contributed by atoms with Gasteiger partial charge in [-0.05, 0) is 83.9 Å². The average Bonchev–Trinajstić information content (AvgIpc) is 3.98. The normalized spacial score (nSPS) is 11.9. The number of nitrogens with zero attached hydrogens (tertiary/aromatic N) is 4. The van der Waals surface area contributed by atoms with E-state index in [1.165, 1.54) is 0 Å². The van der Waals surface area contributed by atoms with E-state index in [0.717, 1.165) is 110 Å². The van der Waals surface area contributed by atoms with Gasteiger partial charge < -0.3 is 18.0 Å². The molecule has 0 radical (unpaired) electrons. The number of hydrogen-bond donors (Lipinski definition) is 0. The van der Waals surface area contributed by atoms with E-state index in [0.29, 0.717) is 11.1 Å². The third-order valence-electron chi connectivity index (χ3n) is 11.3. The predicted octanol–water partition coefficient (Wildman–Crippen LogP) is 13.1. The second-order valence-electron chi connectivity index (χ2n) is 14.4. The van der Waals surface area contributed by atoms with Crippen molar-refractivity contribution in [1.29, 1.82) is 10.5 Å². The number of para-hydroxylation sites is 4. The molecule has 8 aromatic carbocycles. The summed E-state index contributed by atoms with van der Waals surface area (Å²) in [6, 6.07) is 58.3. The third kappa shape index (κ3) is 4.24. The van der Waals surface area contributed by atoms with Crippen LogP contribution in [-0.2, 0) is 0 Å². The predicted molar refractivity (Wildman–Crippen MR) is 225 cm³/mol. The minimum atomic E-state index is 0.515. The van der Waals surface area contributed by atoms with Crippen LogP contribution in [0.25, 0.3) is 110 Å². The SMILES string of the molecule is N#Cc1cc(-c2cc(C#N)cc(-n3c4ccccc4c4cc5c(cc43)oc3ccccc35)c2)cc(-n2c3ccccc3c3cc4c(cc32)oc2ccccc24)c1. The number of nitriles is 2. The van der Waals surface area contributed by atoms with Gasteiger partial charge >= 0.3 is 0 Å². The van der Waals surface area contributed by atoms with Crippen LogP contribution in [0.3, 0.4) is 0 Å². The van der Waals surface area contributed by atoms with Gasteiger partial charge in [0.15, 0.2) is 0 Å². The highest BCUT2D eigenvalue weighted by Crippen LogP contribution is 2.41. The molecule has 0 aliphatic heterocycles. The minimum Gasteiger partial charge on any atom is -0.456 e. The molecule has 0 saturated carbocycles. The van der Waals surface area contributed by atoms with Gasteiger partial charge in [0.1, 0.15) is 22.3 Å². The number of aromatic nitrogens is 2. The molecule has 0 N–H and O–H groups in total. The summed E-state index contributed by atoms with van der Waals surface area (Å²) in [4.78, 5) is 0. The van der Waals surface area contributed by atoms with E-state index < -0.39 is 0 Å². The molecule has 0 unspecified atom stereocenters. The third-order valence-corrected chi connectivity index (χ3v) is 11.3. The highest BCUT2D eigenvalue weighted by molar-refractivity contribution is 6.19. The van der Waals surface area contributed by atoms with Gasteiger partial charge in [-0.15, -0.1) is 0 Å². The van der Waals surface area contributed by atoms with Crippen LogP contribution in [0.4, 0.5) is 0 Å². The first-order valence-corrected chi connectivity index (χ1v) is 18.4. The van der Waals surface area contributed by atoms with Crippen molar-refractivity contribution in [3.8, 4) is 34.6 Å². The summed E-state index contributed by atoms with van der Waals surface area (Å²) in [5, 5.41) is 29.5. The molecule has 4 heterocycles. The Bertz CT molecular complexity index is 3500. The number of benzene rings is 8. The van der Waals surface area contributed by atoms with Crippen molar-refractivity contribution in [3.05, 3.63) is 169 Å². The molecule has 0 aliphatic rings. The van der Waals surface area contributed by atoms with Gasteiger partial charge in [-0.25, -0.2) is 0 Å². The van der Waals surface area contributed by atoms with Gasteiger partial charge in [0.25, 0.3) is 0 Å². The summed E-state index contributed by atoms with van der Waals surface area (Å²) in [5.41, 5.74) is 11.7. The Labute approximate surface area is 318 Å². The fourth-order valence-corrected chi connectivity index (χ4v) is 8.87. The topological polar surface area (TPSA) is 83.7 Å². The van der Waals surface area contributed by atoms with E-state index in [4.69, 9.17) is 8.83 Å². The Balaban J connectivity index is 1.10. The lowest BCUT2D eigenvalue weighted by Crippen LogP contribution is -1.98. The first kappa shape index (κ1) is 30.4. The van der Waals surface area contributed by atoms with Gasteiger partial charge in [-0.3, -0.25) is 0 Å². The molecular formula is C50H26N4O2. The summed E-state index contributed by atoms with van der Waals surface area (Å²) >= 11 is 0.